The van der Waals surface area contributed by atoms with Gasteiger partial charge in [0.1, 0.15) is 5.82 Å². The van der Waals surface area contributed by atoms with Crippen LogP contribution in [0, 0.1) is 5.92 Å². The lowest BCUT2D eigenvalue weighted by molar-refractivity contribution is -0.137. The zero-order valence-electron chi connectivity index (χ0n) is 19.8. The summed E-state index contributed by atoms with van der Waals surface area (Å²) in [6.07, 6.45) is 5.69. The molecule has 1 aliphatic heterocycles. The summed E-state index contributed by atoms with van der Waals surface area (Å²) >= 11 is 0. The Morgan fingerprint density at radius 3 is 2.62 bits per heavy atom. The van der Waals surface area contributed by atoms with Gasteiger partial charge in [-0.25, -0.2) is 4.98 Å². The Hall–Kier alpha value is -2.41. The number of nitrogens with one attached hydrogen (secondary N) is 1. The number of aromatic nitrogens is 2. The molecular formula is C25H37N3O4. The van der Waals surface area contributed by atoms with Crippen LogP contribution in [0.3, 0.4) is 0 Å². The molecule has 0 bridgehead atoms. The van der Waals surface area contributed by atoms with Crippen molar-refractivity contribution in [3.05, 3.63) is 29.6 Å². The SMILES string of the molecule is CCC(CC)n1c(CC2CCCO2)nc2cc(C(=O)N[C@H](CC(=O)O)CC(C)C)ccc21. The van der Waals surface area contributed by atoms with Crippen LogP contribution < -0.4 is 5.32 Å². The zero-order chi connectivity index (χ0) is 23.3. The largest absolute Gasteiger partial charge is 0.481 e. The molecule has 2 aromatic rings. The van der Waals surface area contributed by atoms with E-state index in [1.807, 2.05) is 32.0 Å². The molecular weight excluding hydrogens is 406 g/mol. The van der Waals surface area contributed by atoms with Crippen molar-refractivity contribution in [1.82, 2.24) is 14.9 Å². The highest BCUT2D eigenvalue weighted by Gasteiger charge is 2.24. The Labute approximate surface area is 190 Å². The summed E-state index contributed by atoms with van der Waals surface area (Å²) < 4.78 is 8.18. The molecule has 0 spiro atoms. The van der Waals surface area contributed by atoms with E-state index in [1.54, 1.807) is 0 Å². The summed E-state index contributed by atoms with van der Waals surface area (Å²) in [5, 5.41) is 12.1. The number of rotatable bonds is 11. The predicted octanol–water partition coefficient (Wildman–Crippen LogP) is 4.74. The third kappa shape index (κ3) is 5.88. The van der Waals surface area contributed by atoms with Crippen molar-refractivity contribution in [3.63, 3.8) is 0 Å². The molecule has 1 saturated heterocycles. The van der Waals surface area contributed by atoms with Crippen molar-refractivity contribution in [3.8, 4) is 0 Å². The number of hydrogen-bond acceptors (Lipinski definition) is 4. The zero-order valence-corrected chi connectivity index (χ0v) is 19.8. The highest BCUT2D eigenvalue weighted by atomic mass is 16.5. The summed E-state index contributed by atoms with van der Waals surface area (Å²) in [5.74, 6) is 0.144. The van der Waals surface area contributed by atoms with E-state index in [9.17, 15) is 14.7 Å². The lowest BCUT2D eigenvalue weighted by Gasteiger charge is -2.20. The normalized spacial score (nSPS) is 17.4. The standard InChI is InChI=1S/C25H37N3O4/c1-5-19(6-2)28-22-10-9-17(25(31)26-18(12-16(3)4)14-24(29)30)13-21(22)27-23(28)15-20-8-7-11-32-20/h9-10,13,16,18-20H,5-8,11-12,14-15H2,1-4H3,(H,26,31)(H,29,30)/t18-,20?/m0/s1. The van der Waals surface area contributed by atoms with Gasteiger partial charge in [-0.3, -0.25) is 9.59 Å². The number of amides is 1. The van der Waals surface area contributed by atoms with E-state index < -0.39 is 12.0 Å². The third-order valence-electron chi connectivity index (χ3n) is 6.28. The molecule has 0 saturated carbocycles. The van der Waals surface area contributed by atoms with Gasteiger partial charge < -0.3 is 19.7 Å². The fourth-order valence-electron chi connectivity index (χ4n) is 4.75. The first-order chi connectivity index (χ1) is 15.3. The smallest absolute Gasteiger partial charge is 0.305 e. The van der Waals surface area contributed by atoms with E-state index in [4.69, 9.17) is 9.72 Å². The van der Waals surface area contributed by atoms with Crippen LogP contribution in [0.1, 0.15) is 88.4 Å². The minimum atomic E-state index is -0.908. The van der Waals surface area contributed by atoms with E-state index in [-0.39, 0.29) is 18.4 Å². The second kappa shape index (κ2) is 10.9. The van der Waals surface area contributed by atoms with Crippen molar-refractivity contribution >= 4 is 22.9 Å². The van der Waals surface area contributed by atoms with Crippen LogP contribution in [0.4, 0.5) is 0 Å². The molecule has 2 N–H and O–H groups in total. The number of imidazole rings is 1. The molecule has 2 atom stereocenters. The molecule has 3 rings (SSSR count). The van der Waals surface area contributed by atoms with Gasteiger partial charge in [0.2, 0.25) is 0 Å². The van der Waals surface area contributed by atoms with Gasteiger partial charge in [0.25, 0.3) is 5.91 Å². The lowest BCUT2D eigenvalue weighted by atomic mass is 10.0. The van der Waals surface area contributed by atoms with Gasteiger partial charge in [0.15, 0.2) is 0 Å². The molecule has 1 amide bonds. The summed E-state index contributed by atoms with van der Waals surface area (Å²) in [4.78, 5) is 29.1. The third-order valence-corrected chi connectivity index (χ3v) is 6.28. The molecule has 1 fully saturated rings. The molecule has 32 heavy (non-hydrogen) atoms. The van der Waals surface area contributed by atoms with Crippen molar-refractivity contribution in [2.75, 3.05) is 6.61 Å². The average molecular weight is 444 g/mol. The fourth-order valence-corrected chi connectivity index (χ4v) is 4.75. The second-order valence-corrected chi connectivity index (χ2v) is 9.31. The topological polar surface area (TPSA) is 93.5 Å². The van der Waals surface area contributed by atoms with Crippen LogP contribution in [0.15, 0.2) is 18.2 Å². The number of aliphatic carboxylic acids is 1. The molecule has 2 heterocycles. The number of fused-ring (bicyclic) bond motifs is 1. The highest BCUT2D eigenvalue weighted by molar-refractivity contribution is 5.97. The summed E-state index contributed by atoms with van der Waals surface area (Å²) in [7, 11) is 0. The quantitative estimate of drug-likeness (QED) is 0.523. The molecule has 0 aliphatic carbocycles. The summed E-state index contributed by atoms with van der Waals surface area (Å²) in [5.41, 5.74) is 2.35. The monoisotopic (exact) mass is 443 g/mol. The molecule has 1 aromatic carbocycles. The Balaban J connectivity index is 1.89. The average Bonchev–Trinajstić information content (AvgIpc) is 3.36. The highest BCUT2D eigenvalue weighted by Crippen LogP contribution is 2.28. The number of benzene rings is 1. The first kappa shape index (κ1) is 24.2. The maximum absolute atomic E-state index is 12.9. The minimum absolute atomic E-state index is 0.0823. The molecule has 1 aromatic heterocycles. The van der Waals surface area contributed by atoms with Gasteiger partial charge >= 0.3 is 5.97 Å². The number of carboxylic acids is 1. The van der Waals surface area contributed by atoms with Crippen molar-refractivity contribution in [2.24, 2.45) is 5.92 Å². The van der Waals surface area contributed by atoms with E-state index >= 15 is 0 Å². The molecule has 1 aliphatic rings. The van der Waals surface area contributed by atoms with E-state index in [2.05, 4.69) is 23.7 Å². The Kier molecular flexibility index (Phi) is 8.29. The van der Waals surface area contributed by atoms with Crippen molar-refractivity contribution in [1.29, 1.82) is 0 Å². The van der Waals surface area contributed by atoms with Crippen LogP contribution in [-0.2, 0) is 16.0 Å². The van der Waals surface area contributed by atoms with Crippen LogP contribution >= 0.6 is 0 Å². The fraction of sp³-hybridized carbons (Fsp3) is 0.640. The first-order valence-corrected chi connectivity index (χ1v) is 12.0. The predicted molar refractivity (Wildman–Crippen MR) is 125 cm³/mol. The van der Waals surface area contributed by atoms with Gasteiger partial charge in [-0.2, -0.15) is 0 Å². The number of carbonyl (C=O) groups excluding carboxylic acids is 1. The molecule has 1 unspecified atom stereocenters. The Morgan fingerprint density at radius 1 is 1.28 bits per heavy atom. The second-order valence-electron chi connectivity index (χ2n) is 9.31. The molecule has 176 valence electrons. The maximum atomic E-state index is 12.9. The Morgan fingerprint density at radius 2 is 2.03 bits per heavy atom. The van der Waals surface area contributed by atoms with Gasteiger partial charge in [0.05, 0.1) is 23.6 Å². The summed E-state index contributed by atoms with van der Waals surface area (Å²) in [6.45, 7) is 9.23. The van der Waals surface area contributed by atoms with Gasteiger partial charge in [-0.1, -0.05) is 27.7 Å². The van der Waals surface area contributed by atoms with Gasteiger partial charge in [-0.05, 0) is 56.2 Å². The van der Waals surface area contributed by atoms with E-state index in [1.165, 1.54) is 0 Å². The first-order valence-electron chi connectivity index (χ1n) is 12.0. The number of ether oxygens (including phenoxy) is 1. The number of hydrogen-bond donors (Lipinski definition) is 2. The lowest BCUT2D eigenvalue weighted by Crippen LogP contribution is -2.37. The number of carboxylic acid groups (broad SMARTS) is 1. The van der Waals surface area contributed by atoms with Gasteiger partial charge in [-0.15, -0.1) is 0 Å². The van der Waals surface area contributed by atoms with Crippen LogP contribution in [0.5, 0.6) is 0 Å². The Bertz CT molecular complexity index is 927. The van der Waals surface area contributed by atoms with Crippen LogP contribution in [0.25, 0.3) is 11.0 Å². The van der Waals surface area contributed by atoms with Crippen molar-refractivity contribution in [2.45, 2.75) is 90.8 Å². The minimum Gasteiger partial charge on any atom is -0.481 e. The number of nitrogens with zero attached hydrogens (tertiary/aromatic N) is 2. The molecule has 0 radical (unpaired) electrons. The molecule has 7 nitrogen and oxygen atoms in total. The van der Waals surface area contributed by atoms with Crippen LogP contribution in [0.2, 0.25) is 0 Å². The summed E-state index contributed by atoms with van der Waals surface area (Å²) in [6, 6.07) is 5.58. The maximum Gasteiger partial charge on any atom is 0.305 e. The number of carbonyl (C=O) groups is 2. The van der Waals surface area contributed by atoms with Crippen molar-refractivity contribution < 1.29 is 19.4 Å². The van der Waals surface area contributed by atoms with E-state index in [0.717, 1.165) is 55.6 Å². The van der Waals surface area contributed by atoms with E-state index in [0.29, 0.717) is 23.9 Å². The van der Waals surface area contributed by atoms with Crippen LogP contribution in [-0.4, -0.2) is 45.3 Å². The molecule has 7 heteroatoms. The van der Waals surface area contributed by atoms with Gasteiger partial charge in [0, 0.05) is 30.7 Å².